The molecule has 0 amide bonds. The van der Waals surface area contributed by atoms with Crippen LogP contribution in [0.4, 0.5) is 0 Å². The van der Waals surface area contributed by atoms with Gasteiger partial charge >= 0.3 is 0 Å². The molecule has 0 spiro atoms. The first-order valence-corrected chi connectivity index (χ1v) is 8.71. The van der Waals surface area contributed by atoms with Crippen molar-refractivity contribution in [3.05, 3.63) is 63.5 Å². The lowest BCUT2D eigenvalue weighted by Gasteiger charge is -2.10. The number of aromatic nitrogens is 1. The first kappa shape index (κ1) is 16.5. The summed E-state index contributed by atoms with van der Waals surface area (Å²) in [4.78, 5) is 4.81. The summed E-state index contributed by atoms with van der Waals surface area (Å²) in [6, 6.07) is 12.4. The first-order valence-electron chi connectivity index (χ1n) is 7.83. The Morgan fingerprint density at radius 2 is 1.67 bits per heavy atom. The van der Waals surface area contributed by atoms with Gasteiger partial charge < -0.3 is 9.47 Å². The number of rotatable bonds is 5. The summed E-state index contributed by atoms with van der Waals surface area (Å²) in [6.45, 7) is 4.21. The van der Waals surface area contributed by atoms with E-state index < -0.39 is 0 Å². The Kier molecular flexibility index (Phi) is 4.86. The monoisotopic (exact) mass is 339 g/mol. The Balaban J connectivity index is 1.86. The molecule has 0 aliphatic carbocycles. The van der Waals surface area contributed by atoms with E-state index >= 15 is 0 Å². The average Bonchev–Trinajstić information content (AvgIpc) is 3.06. The van der Waals surface area contributed by atoms with E-state index in [4.69, 9.17) is 14.5 Å². The van der Waals surface area contributed by atoms with Crippen LogP contribution in [0.15, 0.2) is 41.8 Å². The number of thiazole rings is 1. The molecule has 3 aromatic rings. The minimum Gasteiger partial charge on any atom is -0.497 e. The van der Waals surface area contributed by atoms with Gasteiger partial charge in [0.2, 0.25) is 0 Å². The number of methoxy groups -OCH3 is 2. The van der Waals surface area contributed by atoms with Gasteiger partial charge in [-0.2, -0.15) is 0 Å². The Hall–Kier alpha value is -2.33. The molecule has 2 aromatic carbocycles. The van der Waals surface area contributed by atoms with Gasteiger partial charge in [0.1, 0.15) is 11.5 Å². The molecule has 0 unspecified atom stereocenters. The lowest BCUT2D eigenvalue weighted by atomic mass is 10.0. The molecule has 0 aliphatic heterocycles. The second-order valence-corrected chi connectivity index (χ2v) is 6.73. The molecule has 0 radical (unpaired) electrons. The number of nitrogens with zero attached hydrogens (tertiary/aromatic N) is 1. The molecule has 1 aromatic heterocycles. The zero-order valence-electron chi connectivity index (χ0n) is 14.4. The smallest absolute Gasteiger partial charge is 0.128 e. The van der Waals surface area contributed by atoms with Crippen molar-refractivity contribution in [3.63, 3.8) is 0 Å². The van der Waals surface area contributed by atoms with E-state index in [1.807, 2.05) is 12.1 Å². The first-order chi connectivity index (χ1) is 11.6. The van der Waals surface area contributed by atoms with Crippen LogP contribution in [0, 0.1) is 13.8 Å². The average molecular weight is 339 g/mol. The Bertz CT molecular complexity index is 837. The zero-order chi connectivity index (χ0) is 17.1. The summed E-state index contributed by atoms with van der Waals surface area (Å²) >= 11 is 1.68. The molecule has 0 aliphatic rings. The number of aryl methyl sites for hydroxylation is 2. The van der Waals surface area contributed by atoms with Gasteiger partial charge in [0.15, 0.2) is 0 Å². The molecule has 0 atom stereocenters. The summed E-state index contributed by atoms with van der Waals surface area (Å²) < 4.78 is 10.7. The van der Waals surface area contributed by atoms with Crippen LogP contribution < -0.4 is 9.47 Å². The van der Waals surface area contributed by atoms with Gasteiger partial charge in [-0.15, -0.1) is 11.3 Å². The second-order valence-electron chi connectivity index (χ2n) is 5.79. The summed E-state index contributed by atoms with van der Waals surface area (Å²) in [5, 5.41) is 3.20. The summed E-state index contributed by atoms with van der Waals surface area (Å²) in [5.41, 5.74) is 5.73. The van der Waals surface area contributed by atoms with Gasteiger partial charge in [-0.1, -0.05) is 12.1 Å². The number of benzene rings is 2. The largest absolute Gasteiger partial charge is 0.497 e. The van der Waals surface area contributed by atoms with Gasteiger partial charge in [-0.25, -0.2) is 4.98 Å². The van der Waals surface area contributed by atoms with Crippen LogP contribution in [0.2, 0.25) is 0 Å². The summed E-state index contributed by atoms with van der Waals surface area (Å²) in [6.07, 6.45) is 0.821. The normalized spacial score (nSPS) is 10.7. The van der Waals surface area contributed by atoms with Crippen LogP contribution in [0.3, 0.4) is 0 Å². The predicted octanol–water partition coefficient (Wildman–Crippen LogP) is 5.03. The lowest BCUT2D eigenvalue weighted by molar-refractivity contribution is 0.414. The van der Waals surface area contributed by atoms with E-state index in [1.54, 1.807) is 25.6 Å². The van der Waals surface area contributed by atoms with Crippen LogP contribution in [0.25, 0.3) is 11.3 Å². The minimum absolute atomic E-state index is 0.821. The number of hydrogen-bond acceptors (Lipinski definition) is 4. The maximum Gasteiger partial charge on any atom is 0.128 e. The van der Waals surface area contributed by atoms with Crippen molar-refractivity contribution in [1.29, 1.82) is 0 Å². The Labute approximate surface area is 146 Å². The maximum absolute atomic E-state index is 5.54. The van der Waals surface area contributed by atoms with Crippen molar-refractivity contribution in [2.45, 2.75) is 20.3 Å². The van der Waals surface area contributed by atoms with E-state index in [0.29, 0.717) is 0 Å². The molecular weight excluding hydrogens is 318 g/mol. The molecule has 0 saturated heterocycles. The summed E-state index contributed by atoms with van der Waals surface area (Å²) in [7, 11) is 3.39. The van der Waals surface area contributed by atoms with E-state index in [-0.39, 0.29) is 0 Å². The van der Waals surface area contributed by atoms with Gasteiger partial charge in [0.25, 0.3) is 0 Å². The third-order valence-corrected chi connectivity index (χ3v) is 5.01. The zero-order valence-corrected chi connectivity index (χ0v) is 15.2. The molecule has 0 N–H and O–H groups in total. The maximum atomic E-state index is 5.54. The summed E-state index contributed by atoms with van der Waals surface area (Å²) in [5.74, 6) is 1.75. The highest BCUT2D eigenvalue weighted by Crippen LogP contribution is 2.33. The van der Waals surface area contributed by atoms with Crippen molar-refractivity contribution < 1.29 is 9.47 Å². The van der Waals surface area contributed by atoms with Crippen molar-refractivity contribution in [2.24, 2.45) is 0 Å². The highest BCUT2D eigenvalue weighted by atomic mass is 32.1. The van der Waals surface area contributed by atoms with Crippen LogP contribution in [-0.4, -0.2) is 19.2 Å². The molecular formula is C20H21NO2S. The lowest BCUT2D eigenvalue weighted by Crippen LogP contribution is -1.93. The third-order valence-electron chi connectivity index (χ3n) is 4.16. The fraction of sp³-hybridized carbons (Fsp3) is 0.250. The van der Waals surface area contributed by atoms with Gasteiger partial charge in [-0.05, 0) is 54.8 Å². The molecule has 0 bridgehead atoms. The SMILES string of the molecule is COc1ccc(Cc2nc(-c3cc(C)c(C)cc3OC)cs2)cc1. The van der Waals surface area contributed by atoms with Crippen LogP contribution in [0.1, 0.15) is 21.7 Å². The van der Waals surface area contributed by atoms with E-state index in [9.17, 15) is 0 Å². The van der Waals surface area contributed by atoms with E-state index in [1.165, 1.54) is 16.7 Å². The highest BCUT2D eigenvalue weighted by Gasteiger charge is 2.12. The Morgan fingerprint density at radius 1 is 0.958 bits per heavy atom. The fourth-order valence-electron chi connectivity index (χ4n) is 2.59. The van der Waals surface area contributed by atoms with Crippen molar-refractivity contribution in [2.75, 3.05) is 14.2 Å². The quantitative estimate of drug-likeness (QED) is 0.653. The van der Waals surface area contributed by atoms with Gasteiger partial charge in [0, 0.05) is 17.4 Å². The van der Waals surface area contributed by atoms with Crippen LogP contribution in [-0.2, 0) is 6.42 Å². The molecule has 1 heterocycles. The molecule has 0 fully saturated rings. The topological polar surface area (TPSA) is 31.4 Å². The molecule has 4 heteroatoms. The van der Waals surface area contributed by atoms with Gasteiger partial charge in [0.05, 0.1) is 24.9 Å². The molecule has 124 valence electrons. The van der Waals surface area contributed by atoms with Crippen LogP contribution >= 0.6 is 11.3 Å². The molecule has 24 heavy (non-hydrogen) atoms. The van der Waals surface area contributed by atoms with E-state index in [0.717, 1.165) is 34.2 Å². The van der Waals surface area contributed by atoms with Crippen LogP contribution in [0.5, 0.6) is 11.5 Å². The predicted molar refractivity (Wildman–Crippen MR) is 99.4 cm³/mol. The molecule has 3 nitrogen and oxygen atoms in total. The Morgan fingerprint density at radius 3 is 2.33 bits per heavy atom. The van der Waals surface area contributed by atoms with E-state index in [2.05, 4.69) is 43.5 Å². The van der Waals surface area contributed by atoms with Crippen molar-refractivity contribution in [3.8, 4) is 22.8 Å². The van der Waals surface area contributed by atoms with Gasteiger partial charge in [-0.3, -0.25) is 0 Å². The van der Waals surface area contributed by atoms with Crippen molar-refractivity contribution >= 4 is 11.3 Å². The standard InChI is InChI=1S/C20H21NO2S/c1-13-9-17(19(23-4)10-14(13)2)18-12-24-20(21-18)11-15-5-7-16(22-3)8-6-15/h5-10,12H,11H2,1-4H3. The second kappa shape index (κ2) is 7.05. The van der Waals surface area contributed by atoms with Crippen molar-refractivity contribution in [1.82, 2.24) is 4.98 Å². The molecule has 3 rings (SSSR count). The third kappa shape index (κ3) is 3.44. The minimum atomic E-state index is 0.821. The fourth-order valence-corrected chi connectivity index (χ4v) is 3.42. The molecule has 0 saturated carbocycles. The highest BCUT2D eigenvalue weighted by molar-refractivity contribution is 7.10. The number of ether oxygens (including phenoxy) is 2. The number of hydrogen-bond donors (Lipinski definition) is 0.